The summed E-state index contributed by atoms with van der Waals surface area (Å²) < 4.78 is 0. The second-order valence-electron chi connectivity index (χ2n) is 6.13. The topological polar surface area (TPSA) is 61.4 Å². The number of carbonyl (C=O) groups excluding carboxylic acids is 1. The molecular formula is C16H23Cl2N5OS2. The Balaban J connectivity index is 0.00000121. The third-order valence-electron chi connectivity index (χ3n) is 4.59. The summed E-state index contributed by atoms with van der Waals surface area (Å²) in [5.74, 6) is 3.47. The van der Waals surface area contributed by atoms with Crippen LogP contribution in [0.1, 0.15) is 6.42 Å². The average molecular weight is 436 g/mol. The van der Waals surface area contributed by atoms with Gasteiger partial charge in [0.25, 0.3) is 0 Å². The van der Waals surface area contributed by atoms with Gasteiger partial charge in [-0.2, -0.15) is 11.8 Å². The number of amides is 1. The molecule has 1 unspecified atom stereocenters. The molecular weight excluding hydrogens is 413 g/mol. The zero-order valence-corrected chi connectivity index (χ0v) is 17.6. The number of thioether (sulfide) groups is 1. The molecule has 1 atom stereocenters. The predicted molar refractivity (Wildman–Crippen MR) is 114 cm³/mol. The molecule has 2 aliphatic heterocycles. The molecule has 10 heteroatoms. The van der Waals surface area contributed by atoms with Gasteiger partial charge in [-0.05, 0) is 11.4 Å². The lowest BCUT2D eigenvalue weighted by atomic mass is 10.2. The van der Waals surface area contributed by atoms with Crippen molar-refractivity contribution in [3.05, 3.63) is 17.8 Å². The number of anilines is 1. The summed E-state index contributed by atoms with van der Waals surface area (Å²) in [6.07, 6.45) is 2.26. The van der Waals surface area contributed by atoms with Crippen LogP contribution in [0.25, 0.3) is 10.2 Å². The number of piperazine rings is 1. The quantitative estimate of drug-likeness (QED) is 0.797. The summed E-state index contributed by atoms with van der Waals surface area (Å²) in [4.78, 5) is 26.6. The van der Waals surface area contributed by atoms with Crippen molar-refractivity contribution in [3.8, 4) is 0 Å². The molecule has 2 saturated heterocycles. The van der Waals surface area contributed by atoms with Crippen molar-refractivity contribution >= 4 is 69.9 Å². The Morgan fingerprint density at radius 2 is 2.04 bits per heavy atom. The zero-order valence-electron chi connectivity index (χ0n) is 14.3. The van der Waals surface area contributed by atoms with Crippen molar-refractivity contribution in [2.24, 2.45) is 0 Å². The predicted octanol–water partition coefficient (Wildman–Crippen LogP) is 2.28. The van der Waals surface area contributed by atoms with Gasteiger partial charge in [-0.3, -0.25) is 4.79 Å². The third-order valence-corrected chi connectivity index (χ3v) is 6.54. The van der Waals surface area contributed by atoms with Gasteiger partial charge in [-0.1, -0.05) is 0 Å². The molecule has 1 N–H and O–H groups in total. The van der Waals surface area contributed by atoms with Crippen molar-refractivity contribution in [1.82, 2.24) is 20.2 Å². The van der Waals surface area contributed by atoms with E-state index >= 15 is 0 Å². The van der Waals surface area contributed by atoms with E-state index in [0.29, 0.717) is 12.5 Å². The Bertz CT molecular complexity index is 717. The van der Waals surface area contributed by atoms with Crippen molar-refractivity contribution in [3.63, 3.8) is 0 Å². The van der Waals surface area contributed by atoms with E-state index in [4.69, 9.17) is 0 Å². The number of hydrogen-bond acceptors (Lipinski definition) is 7. The van der Waals surface area contributed by atoms with Gasteiger partial charge in [0, 0.05) is 56.7 Å². The maximum Gasteiger partial charge on any atom is 0.224 e. The number of thiophene rings is 1. The molecule has 4 heterocycles. The van der Waals surface area contributed by atoms with Crippen LogP contribution in [0.4, 0.5) is 5.82 Å². The van der Waals surface area contributed by atoms with Crippen LogP contribution in [0.2, 0.25) is 0 Å². The van der Waals surface area contributed by atoms with Crippen LogP contribution >= 0.6 is 47.9 Å². The Morgan fingerprint density at radius 3 is 2.77 bits per heavy atom. The fourth-order valence-corrected chi connectivity index (χ4v) is 4.96. The number of nitrogens with one attached hydrogen (secondary N) is 1. The number of rotatable bonds is 3. The van der Waals surface area contributed by atoms with Crippen LogP contribution in [0.3, 0.4) is 0 Å². The molecule has 2 aromatic heterocycles. The normalized spacial score (nSPS) is 20.4. The molecule has 0 radical (unpaired) electrons. The van der Waals surface area contributed by atoms with Gasteiger partial charge < -0.3 is 15.1 Å². The summed E-state index contributed by atoms with van der Waals surface area (Å²) >= 11 is 3.58. The Morgan fingerprint density at radius 1 is 1.23 bits per heavy atom. The summed E-state index contributed by atoms with van der Waals surface area (Å²) in [6, 6.07) is 2.42. The molecule has 0 aliphatic carbocycles. The van der Waals surface area contributed by atoms with E-state index in [-0.39, 0.29) is 30.7 Å². The van der Waals surface area contributed by atoms with Crippen molar-refractivity contribution in [2.75, 3.05) is 49.1 Å². The molecule has 2 aromatic rings. The van der Waals surface area contributed by atoms with Gasteiger partial charge >= 0.3 is 0 Å². The molecule has 0 bridgehead atoms. The summed E-state index contributed by atoms with van der Waals surface area (Å²) in [5.41, 5.74) is 0. The molecule has 2 fully saturated rings. The highest BCUT2D eigenvalue weighted by Gasteiger charge is 2.25. The van der Waals surface area contributed by atoms with Gasteiger partial charge in [-0.15, -0.1) is 36.2 Å². The van der Waals surface area contributed by atoms with Crippen molar-refractivity contribution in [1.29, 1.82) is 0 Å². The second-order valence-corrected chi connectivity index (χ2v) is 8.18. The van der Waals surface area contributed by atoms with E-state index in [1.165, 1.54) is 0 Å². The maximum atomic E-state index is 12.5. The first-order valence-electron chi connectivity index (χ1n) is 8.33. The van der Waals surface area contributed by atoms with Crippen molar-refractivity contribution < 1.29 is 4.79 Å². The molecule has 0 aromatic carbocycles. The highest BCUT2D eigenvalue weighted by Crippen LogP contribution is 2.27. The van der Waals surface area contributed by atoms with E-state index in [2.05, 4.69) is 31.6 Å². The molecule has 26 heavy (non-hydrogen) atoms. The van der Waals surface area contributed by atoms with Gasteiger partial charge in [0.15, 0.2) is 0 Å². The SMILES string of the molecule is Cl.Cl.O=C(CC1CSCCN1)N1CCN(c2ncnc3sccc23)CC1. The molecule has 2 aliphatic rings. The van der Waals surface area contributed by atoms with Crippen LogP contribution in [0.5, 0.6) is 0 Å². The van der Waals surface area contributed by atoms with E-state index < -0.39 is 0 Å². The van der Waals surface area contributed by atoms with Crippen LogP contribution in [-0.4, -0.2) is 71.0 Å². The third kappa shape index (κ3) is 4.72. The smallest absolute Gasteiger partial charge is 0.224 e. The number of aromatic nitrogens is 2. The van der Waals surface area contributed by atoms with E-state index in [0.717, 1.165) is 60.3 Å². The van der Waals surface area contributed by atoms with E-state index in [9.17, 15) is 4.79 Å². The standard InChI is InChI=1S/C16H21N5OS2.2ClH/c22-14(9-12-10-23-8-2-17-12)20-3-5-21(6-4-20)15-13-1-7-24-16(13)19-11-18-15;;/h1,7,11-12,17H,2-6,8-10H2;2*1H. The Labute approximate surface area is 173 Å². The summed E-state index contributed by atoms with van der Waals surface area (Å²) in [7, 11) is 0. The largest absolute Gasteiger partial charge is 0.352 e. The second kappa shape index (κ2) is 9.94. The van der Waals surface area contributed by atoms with E-state index in [1.807, 2.05) is 16.7 Å². The van der Waals surface area contributed by atoms with Crippen LogP contribution in [0, 0.1) is 0 Å². The molecule has 6 nitrogen and oxygen atoms in total. The zero-order chi connectivity index (χ0) is 16.4. The summed E-state index contributed by atoms with van der Waals surface area (Å²) in [5, 5.41) is 6.62. The van der Waals surface area contributed by atoms with Gasteiger partial charge in [0.05, 0.1) is 5.39 Å². The number of fused-ring (bicyclic) bond motifs is 1. The fraction of sp³-hybridized carbons (Fsp3) is 0.562. The van der Waals surface area contributed by atoms with Gasteiger partial charge in [0.2, 0.25) is 5.91 Å². The van der Waals surface area contributed by atoms with Crippen LogP contribution in [0.15, 0.2) is 17.8 Å². The van der Waals surface area contributed by atoms with Gasteiger partial charge in [-0.25, -0.2) is 9.97 Å². The highest BCUT2D eigenvalue weighted by atomic mass is 35.5. The first-order chi connectivity index (χ1) is 11.8. The monoisotopic (exact) mass is 435 g/mol. The first-order valence-corrected chi connectivity index (χ1v) is 10.4. The molecule has 144 valence electrons. The molecule has 0 spiro atoms. The minimum atomic E-state index is 0. The minimum absolute atomic E-state index is 0. The number of halogens is 2. The van der Waals surface area contributed by atoms with Crippen molar-refractivity contribution in [2.45, 2.75) is 12.5 Å². The lowest BCUT2D eigenvalue weighted by Gasteiger charge is -2.36. The maximum absolute atomic E-state index is 12.5. The fourth-order valence-electron chi connectivity index (χ4n) is 3.29. The number of nitrogens with zero attached hydrogens (tertiary/aromatic N) is 4. The molecule has 4 rings (SSSR count). The lowest BCUT2D eigenvalue weighted by molar-refractivity contribution is -0.131. The average Bonchev–Trinajstić information content (AvgIpc) is 3.11. The first kappa shape index (κ1) is 21.5. The van der Waals surface area contributed by atoms with Crippen LogP contribution < -0.4 is 10.2 Å². The Kier molecular flexibility index (Phi) is 8.22. The highest BCUT2D eigenvalue weighted by molar-refractivity contribution is 7.99. The molecule has 0 saturated carbocycles. The Hall–Kier alpha value is -0.800. The number of carbonyl (C=O) groups is 1. The summed E-state index contributed by atoms with van der Waals surface area (Å²) in [6.45, 7) is 4.23. The molecule has 1 amide bonds. The minimum Gasteiger partial charge on any atom is -0.352 e. The lowest BCUT2D eigenvalue weighted by Crippen LogP contribution is -2.51. The number of hydrogen-bond donors (Lipinski definition) is 1. The van der Waals surface area contributed by atoms with Gasteiger partial charge in [0.1, 0.15) is 17.0 Å². The van der Waals surface area contributed by atoms with Crippen LogP contribution in [-0.2, 0) is 4.79 Å². The van der Waals surface area contributed by atoms with E-state index in [1.54, 1.807) is 17.7 Å².